The van der Waals surface area contributed by atoms with Crippen LogP contribution in [0.3, 0.4) is 0 Å². The second kappa shape index (κ2) is 9.07. The van der Waals surface area contributed by atoms with Crippen molar-refractivity contribution in [1.29, 1.82) is 0 Å². The van der Waals surface area contributed by atoms with Crippen LogP contribution in [0.15, 0.2) is 47.4 Å². The molecule has 28 heavy (non-hydrogen) atoms. The highest BCUT2D eigenvalue weighted by molar-refractivity contribution is 7.89. The molecule has 1 fully saturated rings. The lowest BCUT2D eigenvalue weighted by atomic mass is 9.97. The average Bonchev–Trinajstić information content (AvgIpc) is 2.68. The molecule has 0 atom stereocenters. The van der Waals surface area contributed by atoms with Crippen molar-refractivity contribution in [3.05, 3.63) is 59.2 Å². The van der Waals surface area contributed by atoms with Crippen LogP contribution in [0.4, 0.5) is 0 Å². The van der Waals surface area contributed by atoms with E-state index in [-0.39, 0.29) is 0 Å². The van der Waals surface area contributed by atoms with Crippen molar-refractivity contribution in [2.45, 2.75) is 38.1 Å². The van der Waals surface area contributed by atoms with Gasteiger partial charge in [-0.1, -0.05) is 30.3 Å². The number of nitrogens with one attached hydrogen (secondary N) is 1. The molecule has 0 saturated carbocycles. The Labute approximate surface area is 168 Å². The standard InChI is InChI=1S/C22H30N2O3S/c1-17-13-21(14-18(2)22(17)27-3)28(25,26)23-15-19-9-11-24(12-10-19)16-20-7-5-4-6-8-20/h4-8,13-14,19,23H,9-12,15-16H2,1-3H3. The van der Waals surface area contributed by atoms with Crippen molar-refractivity contribution in [2.75, 3.05) is 26.7 Å². The monoisotopic (exact) mass is 402 g/mol. The molecule has 2 aromatic rings. The molecule has 0 radical (unpaired) electrons. The van der Waals surface area contributed by atoms with Gasteiger partial charge in [0.1, 0.15) is 5.75 Å². The van der Waals surface area contributed by atoms with Gasteiger partial charge in [-0.25, -0.2) is 13.1 Å². The highest BCUT2D eigenvalue weighted by Crippen LogP contribution is 2.26. The maximum atomic E-state index is 12.7. The number of likely N-dealkylation sites (tertiary alicyclic amines) is 1. The summed E-state index contributed by atoms with van der Waals surface area (Å²) in [6.45, 7) is 7.19. The van der Waals surface area contributed by atoms with Gasteiger partial charge in [-0.15, -0.1) is 0 Å². The first-order chi connectivity index (χ1) is 13.4. The van der Waals surface area contributed by atoms with E-state index in [9.17, 15) is 8.42 Å². The van der Waals surface area contributed by atoms with Crippen molar-refractivity contribution in [3.8, 4) is 5.75 Å². The van der Waals surface area contributed by atoms with Crippen molar-refractivity contribution < 1.29 is 13.2 Å². The third kappa shape index (κ3) is 5.13. The Bertz CT molecular complexity index is 866. The van der Waals surface area contributed by atoms with E-state index < -0.39 is 10.0 Å². The molecule has 0 aliphatic carbocycles. The first-order valence-electron chi connectivity index (χ1n) is 9.80. The van der Waals surface area contributed by atoms with Gasteiger partial charge in [-0.3, -0.25) is 4.90 Å². The molecule has 6 heteroatoms. The summed E-state index contributed by atoms with van der Waals surface area (Å²) >= 11 is 0. The van der Waals surface area contributed by atoms with Gasteiger partial charge < -0.3 is 4.74 Å². The van der Waals surface area contributed by atoms with E-state index in [1.165, 1.54) is 5.56 Å². The number of ether oxygens (including phenoxy) is 1. The van der Waals surface area contributed by atoms with Crippen LogP contribution in [-0.2, 0) is 16.6 Å². The summed E-state index contributed by atoms with van der Waals surface area (Å²) in [5.74, 6) is 1.12. The normalized spacial score (nSPS) is 16.2. The molecule has 0 aromatic heterocycles. The summed E-state index contributed by atoms with van der Waals surface area (Å²) in [6.07, 6.45) is 2.02. The Morgan fingerprint density at radius 3 is 2.25 bits per heavy atom. The number of rotatable bonds is 7. The van der Waals surface area contributed by atoms with Crippen LogP contribution in [0.5, 0.6) is 5.75 Å². The Kier molecular flexibility index (Phi) is 6.75. The predicted molar refractivity (Wildman–Crippen MR) is 112 cm³/mol. The highest BCUT2D eigenvalue weighted by atomic mass is 32.2. The van der Waals surface area contributed by atoms with Crippen molar-refractivity contribution in [3.63, 3.8) is 0 Å². The Hall–Kier alpha value is -1.89. The van der Waals surface area contributed by atoms with Crippen LogP contribution >= 0.6 is 0 Å². The van der Waals surface area contributed by atoms with Gasteiger partial charge in [0.15, 0.2) is 0 Å². The fourth-order valence-corrected chi connectivity index (χ4v) is 5.17. The average molecular weight is 403 g/mol. The van der Waals surface area contributed by atoms with Crippen molar-refractivity contribution >= 4 is 10.0 Å². The quantitative estimate of drug-likeness (QED) is 0.770. The van der Waals surface area contributed by atoms with Crippen LogP contribution in [0.2, 0.25) is 0 Å². The molecule has 1 aliphatic heterocycles. The number of sulfonamides is 1. The van der Waals surface area contributed by atoms with E-state index in [0.29, 0.717) is 17.4 Å². The molecule has 2 aromatic carbocycles. The third-order valence-electron chi connectivity index (χ3n) is 5.47. The summed E-state index contributed by atoms with van der Waals surface area (Å²) in [5.41, 5.74) is 2.99. The van der Waals surface area contributed by atoms with Crippen LogP contribution in [0.1, 0.15) is 29.5 Å². The summed E-state index contributed by atoms with van der Waals surface area (Å²) in [6, 6.07) is 13.8. The fourth-order valence-electron chi connectivity index (χ4n) is 3.89. The largest absolute Gasteiger partial charge is 0.496 e. The van der Waals surface area contributed by atoms with Gasteiger partial charge in [0.2, 0.25) is 10.0 Å². The van der Waals surface area contributed by atoms with Gasteiger partial charge >= 0.3 is 0 Å². The molecule has 0 bridgehead atoms. The molecule has 152 valence electrons. The smallest absolute Gasteiger partial charge is 0.240 e. The van der Waals surface area contributed by atoms with Gasteiger partial charge in [-0.05, 0) is 74.5 Å². The summed E-state index contributed by atoms with van der Waals surface area (Å²) < 4.78 is 33.6. The van der Waals surface area contributed by atoms with Crippen LogP contribution in [0, 0.1) is 19.8 Å². The fraction of sp³-hybridized carbons (Fsp3) is 0.455. The van der Waals surface area contributed by atoms with E-state index in [2.05, 4.69) is 33.9 Å². The number of piperidine rings is 1. The maximum Gasteiger partial charge on any atom is 0.240 e. The minimum Gasteiger partial charge on any atom is -0.496 e. The van der Waals surface area contributed by atoms with Crippen LogP contribution in [-0.4, -0.2) is 40.1 Å². The lowest BCUT2D eigenvalue weighted by Crippen LogP contribution is -2.38. The Balaban J connectivity index is 1.53. The van der Waals surface area contributed by atoms with E-state index in [0.717, 1.165) is 49.4 Å². The summed E-state index contributed by atoms with van der Waals surface area (Å²) in [4.78, 5) is 2.75. The summed E-state index contributed by atoms with van der Waals surface area (Å²) in [5, 5.41) is 0. The lowest BCUT2D eigenvalue weighted by molar-refractivity contribution is 0.178. The zero-order valence-electron chi connectivity index (χ0n) is 16.9. The maximum absolute atomic E-state index is 12.7. The zero-order valence-corrected chi connectivity index (χ0v) is 17.8. The Morgan fingerprint density at radius 2 is 1.68 bits per heavy atom. The molecular weight excluding hydrogens is 372 g/mol. The van der Waals surface area contributed by atoms with Gasteiger partial charge in [0.25, 0.3) is 0 Å². The topological polar surface area (TPSA) is 58.6 Å². The number of nitrogens with zero attached hydrogens (tertiary/aromatic N) is 1. The second-order valence-corrected chi connectivity index (χ2v) is 9.41. The molecule has 1 N–H and O–H groups in total. The van der Waals surface area contributed by atoms with E-state index in [4.69, 9.17) is 4.74 Å². The van der Waals surface area contributed by atoms with Crippen LogP contribution in [0.25, 0.3) is 0 Å². The lowest BCUT2D eigenvalue weighted by Gasteiger charge is -2.32. The molecule has 1 saturated heterocycles. The van der Waals surface area contributed by atoms with Gasteiger partial charge in [0, 0.05) is 13.1 Å². The highest BCUT2D eigenvalue weighted by Gasteiger charge is 2.23. The van der Waals surface area contributed by atoms with Crippen molar-refractivity contribution in [2.24, 2.45) is 5.92 Å². The minimum absolute atomic E-state index is 0.310. The second-order valence-electron chi connectivity index (χ2n) is 7.65. The number of hydrogen-bond donors (Lipinski definition) is 1. The number of methoxy groups -OCH3 is 1. The number of hydrogen-bond acceptors (Lipinski definition) is 4. The first kappa shape index (κ1) is 20.8. The van der Waals surface area contributed by atoms with Gasteiger partial charge in [0.05, 0.1) is 12.0 Å². The van der Waals surface area contributed by atoms with Crippen LogP contribution < -0.4 is 9.46 Å². The molecule has 0 spiro atoms. The molecule has 1 heterocycles. The SMILES string of the molecule is COc1c(C)cc(S(=O)(=O)NCC2CCN(Cc3ccccc3)CC2)cc1C. The first-order valence-corrected chi connectivity index (χ1v) is 11.3. The molecular formula is C22H30N2O3S. The molecule has 1 aliphatic rings. The van der Waals surface area contributed by atoms with E-state index in [1.54, 1.807) is 19.2 Å². The van der Waals surface area contributed by atoms with Crippen molar-refractivity contribution in [1.82, 2.24) is 9.62 Å². The molecule has 3 rings (SSSR count). The summed E-state index contributed by atoms with van der Waals surface area (Å²) in [7, 11) is -1.91. The third-order valence-corrected chi connectivity index (χ3v) is 6.87. The van der Waals surface area contributed by atoms with Gasteiger partial charge in [-0.2, -0.15) is 0 Å². The minimum atomic E-state index is -3.51. The number of benzene rings is 2. The molecule has 0 amide bonds. The predicted octanol–water partition coefficient (Wildman–Crippen LogP) is 3.50. The van der Waals surface area contributed by atoms with E-state index >= 15 is 0 Å². The number of aryl methyl sites for hydroxylation is 2. The van der Waals surface area contributed by atoms with E-state index in [1.807, 2.05) is 19.9 Å². The molecule has 0 unspecified atom stereocenters. The zero-order chi connectivity index (χ0) is 20.1. The molecule has 5 nitrogen and oxygen atoms in total. The Morgan fingerprint density at radius 1 is 1.07 bits per heavy atom.